The standard InChI is InChI=1S/C19H18ClN3O2/c20-13-7-8-16-15(12-13)19(25)23-11-5-6-14(17(23)21-16)18(24)22-9-3-1-2-4-10-22/h5-8,11-12H,1-4,9-10H2. The summed E-state index contributed by atoms with van der Waals surface area (Å²) in [7, 11) is 0. The summed E-state index contributed by atoms with van der Waals surface area (Å²) in [5, 5.41) is 0.938. The van der Waals surface area contributed by atoms with Gasteiger partial charge in [-0.1, -0.05) is 24.4 Å². The zero-order chi connectivity index (χ0) is 17.4. The first-order valence-electron chi connectivity index (χ1n) is 8.55. The number of carbonyl (C=O) groups excluding carboxylic acids is 1. The summed E-state index contributed by atoms with van der Waals surface area (Å²) in [6, 6.07) is 8.49. The highest BCUT2D eigenvalue weighted by Crippen LogP contribution is 2.19. The van der Waals surface area contributed by atoms with Crippen molar-refractivity contribution in [2.45, 2.75) is 25.7 Å². The van der Waals surface area contributed by atoms with E-state index in [1.165, 1.54) is 4.40 Å². The second kappa shape index (κ2) is 6.48. The molecule has 0 radical (unpaired) electrons. The van der Waals surface area contributed by atoms with Crippen molar-refractivity contribution in [2.75, 3.05) is 13.1 Å². The van der Waals surface area contributed by atoms with Crippen LogP contribution >= 0.6 is 11.6 Å². The zero-order valence-corrected chi connectivity index (χ0v) is 14.5. The molecule has 1 aromatic carbocycles. The Morgan fingerprint density at radius 3 is 2.60 bits per heavy atom. The highest BCUT2D eigenvalue weighted by Gasteiger charge is 2.21. The molecule has 0 bridgehead atoms. The van der Waals surface area contributed by atoms with Crippen LogP contribution in [0.15, 0.2) is 41.3 Å². The Morgan fingerprint density at radius 1 is 1.08 bits per heavy atom. The minimum Gasteiger partial charge on any atom is -0.339 e. The number of pyridine rings is 1. The van der Waals surface area contributed by atoms with Crippen LogP contribution in [0.3, 0.4) is 0 Å². The van der Waals surface area contributed by atoms with E-state index in [-0.39, 0.29) is 11.5 Å². The fourth-order valence-corrected chi connectivity index (χ4v) is 3.58. The number of benzene rings is 1. The minimum atomic E-state index is -0.215. The molecule has 0 unspecified atom stereocenters. The fraction of sp³-hybridized carbons (Fsp3) is 0.316. The number of amides is 1. The van der Waals surface area contributed by atoms with Gasteiger partial charge >= 0.3 is 0 Å². The molecular formula is C19H18ClN3O2. The molecule has 5 nitrogen and oxygen atoms in total. The summed E-state index contributed by atoms with van der Waals surface area (Å²) in [6.07, 6.45) is 5.99. The number of aromatic nitrogens is 2. The number of fused-ring (bicyclic) bond motifs is 2. The lowest BCUT2D eigenvalue weighted by Crippen LogP contribution is -2.32. The SMILES string of the molecule is O=C(c1cccn2c(=O)c3cc(Cl)ccc3nc12)N1CCCCCC1. The molecule has 0 aliphatic carbocycles. The number of likely N-dealkylation sites (tertiary alicyclic amines) is 1. The number of hydrogen-bond acceptors (Lipinski definition) is 3. The van der Waals surface area contributed by atoms with E-state index in [2.05, 4.69) is 4.98 Å². The molecule has 0 saturated carbocycles. The molecule has 0 spiro atoms. The van der Waals surface area contributed by atoms with Crippen LogP contribution in [-0.4, -0.2) is 33.3 Å². The minimum absolute atomic E-state index is 0.0554. The number of nitrogens with zero attached hydrogens (tertiary/aromatic N) is 3. The fourth-order valence-electron chi connectivity index (χ4n) is 3.41. The van der Waals surface area contributed by atoms with Gasteiger partial charge in [0.2, 0.25) is 0 Å². The zero-order valence-electron chi connectivity index (χ0n) is 13.7. The van der Waals surface area contributed by atoms with E-state index < -0.39 is 0 Å². The molecule has 2 aromatic heterocycles. The predicted octanol–water partition coefficient (Wildman–Crippen LogP) is 3.52. The molecule has 3 aromatic rings. The monoisotopic (exact) mass is 355 g/mol. The Morgan fingerprint density at radius 2 is 1.84 bits per heavy atom. The van der Waals surface area contributed by atoms with Crippen molar-refractivity contribution in [1.29, 1.82) is 0 Å². The average Bonchev–Trinajstić information content (AvgIpc) is 2.91. The smallest absolute Gasteiger partial charge is 0.265 e. The van der Waals surface area contributed by atoms with E-state index in [1.807, 2.05) is 4.90 Å². The maximum absolute atomic E-state index is 13.0. The first kappa shape index (κ1) is 16.1. The summed E-state index contributed by atoms with van der Waals surface area (Å²) in [6.45, 7) is 1.51. The van der Waals surface area contributed by atoms with Crippen molar-refractivity contribution in [3.63, 3.8) is 0 Å². The van der Waals surface area contributed by atoms with Gasteiger partial charge in [-0.15, -0.1) is 0 Å². The highest BCUT2D eigenvalue weighted by molar-refractivity contribution is 6.31. The van der Waals surface area contributed by atoms with Gasteiger partial charge in [0.05, 0.1) is 16.5 Å². The van der Waals surface area contributed by atoms with Crippen molar-refractivity contribution < 1.29 is 4.79 Å². The Balaban J connectivity index is 1.90. The Labute approximate surface area is 149 Å². The van der Waals surface area contributed by atoms with Crippen molar-refractivity contribution >= 4 is 34.1 Å². The van der Waals surface area contributed by atoms with Gasteiger partial charge in [-0.2, -0.15) is 0 Å². The molecular weight excluding hydrogens is 338 g/mol. The predicted molar refractivity (Wildman–Crippen MR) is 98.3 cm³/mol. The average molecular weight is 356 g/mol. The molecule has 3 heterocycles. The van der Waals surface area contributed by atoms with Crippen LogP contribution in [0.25, 0.3) is 16.6 Å². The summed E-state index contributed by atoms with van der Waals surface area (Å²) >= 11 is 6.00. The van der Waals surface area contributed by atoms with Crippen LogP contribution in [0.2, 0.25) is 5.02 Å². The van der Waals surface area contributed by atoms with Crippen LogP contribution < -0.4 is 5.56 Å². The van der Waals surface area contributed by atoms with Crippen molar-refractivity contribution in [1.82, 2.24) is 14.3 Å². The van der Waals surface area contributed by atoms with E-state index in [1.54, 1.807) is 36.5 Å². The molecule has 4 rings (SSSR count). The van der Waals surface area contributed by atoms with Crippen molar-refractivity contribution in [2.24, 2.45) is 0 Å². The van der Waals surface area contributed by atoms with Gasteiger partial charge in [0.25, 0.3) is 11.5 Å². The summed E-state index contributed by atoms with van der Waals surface area (Å²) in [5.74, 6) is -0.0554. The molecule has 1 aliphatic heterocycles. The lowest BCUT2D eigenvalue weighted by Gasteiger charge is -2.21. The molecule has 0 atom stereocenters. The van der Waals surface area contributed by atoms with E-state index in [0.29, 0.717) is 27.1 Å². The number of halogens is 1. The van der Waals surface area contributed by atoms with Gasteiger partial charge < -0.3 is 4.90 Å². The van der Waals surface area contributed by atoms with Crippen LogP contribution in [-0.2, 0) is 0 Å². The number of carbonyl (C=O) groups is 1. The molecule has 1 saturated heterocycles. The van der Waals surface area contributed by atoms with Gasteiger partial charge in [0.1, 0.15) is 0 Å². The van der Waals surface area contributed by atoms with Crippen LogP contribution in [0.5, 0.6) is 0 Å². The van der Waals surface area contributed by atoms with Gasteiger partial charge in [-0.05, 0) is 43.2 Å². The Kier molecular flexibility index (Phi) is 4.17. The normalized spacial score (nSPS) is 15.5. The Hall–Kier alpha value is -2.40. The summed E-state index contributed by atoms with van der Waals surface area (Å²) < 4.78 is 1.43. The third-order valence-corrected chi connectivity index (χ3v) is 4.96. The van der Waals surface area contributed by atoms with Crippen LogP contribution in [0.4, 0.5) is 0 Å². The second-order valence-electron chi connectivity index (χ2n) is 6.40. The number of hydrogen-bond donors (Lipinski definition) is 0. The Bertz CT molecular complexity index is 1020. The van der Waals surface area contributed by atoms with E-state index in [4.69, 9.17) is 11.6 Å². The molecule has 1 aliphatic rings. The molecule has 0 N–H and O–H groups in total. The third kappa shape index (κ3) is 2.89. The van der Waals surface area contributed by atoms with Gasteiger partial charge in [0.15, 0.2) is 5.65 Å². The maximum Gasteiger partial charge on any atom is 0.265 e. The quantitative estimate of drug-likeness (QED) is 0.627. The largest absolute Gasteiger partial charge is 0.339 e. The van der Waals surface area contributed by atoms with E-state index in [9.17, 15) is 9.59 Å². The molecule has 128 valence electrons. The molecule has 6 heteroatoms. The van der Waals surface area contributed by atoms with Crippen LogP contribution in [0.1, 0.15) is 36.0 Å². The molecule has 25 heavy (non-hydrogen) atoms. The summed E-state index contributed by atoms with van der Waals surface area (Å²) in [4.78, 5) is 32.3. The van der Waals surface area contributed by atoms with Gasteiger partial charge in [0, 0.05) is 24.3 Å². The topological polar surface area (TPSA) is 54.7 Å². The maximum atomic E-state index is 13.0. The lowest BCUT2D eigenvalue weighted by atomic mass is 10.2. The highest BCUT2D eigenvalue weighted by atomic mass is 35.5. The van der Waals surface area contributed by atoms with Crippen molar-refractivity contribution in [3.8, 4) is 0 Å². The second-order valence-corrected chi connectivity index (χ2v) is 6.84. The van der Waals surface area contributed by atoms with E-state index >= 15 is 0 Å². The van der Waals surface area contributed by atoms with Crippen LogP contribution in [0, 0.1) is 0 Å². The van der Waals surface area contributed by atoms with E-state index in [0.717, 1.165) is 38.8 Å². The van der Waals surface area contributed by atoms with Crippen molar-refractivity contribution in [3.05, 3.63) is 57.5 Å². The molecule has 1 amide bonds. The number of rotatable bonds is 1. The van der Waals surface area contributed by atoms with Gasteiger partial charge in [-0.3, -0.25) is 14.0 Å². The molecule has 1 fully saturated rings. The van der Waals surface area contributed by atoms with Gasteiger partial charge in [-0.25, -0.2) is 4.98 Å². The first-order chi connectivity index (χ1) is 12.1. The first-order valence-corrected chi connectivity index (χ1v) is 8.93. The summed E-state index contributed by atoms with van der Waals surface area (Å²) in [5.41, 5.74) is 1.20. The third-order valence-electron chi connectivity index (χ3n) is 4.72. The lowest BCUT2D eigenvalue weighted by molar-refractivity contribution is 0.0763.